The SMILES string of the molecule is Cc1cc([C@H]2[C@@H](c3ccccn3)NC(=S)N2CC(C)C)c(C)n1C(C)C. The summed E-state index contributed by atoms with van der Waals surface area (Å²) < 4.78 is 2.42. The standard InChI is InChI=1S/C21H30N4S/c1-13(2)12-24-20(17-11-15(5)25(14(3)4)16(17)6)19(23-21(24)26)18-9-7-8-10-22-18/h7-11,13-14,19-20H,12H2,1-6H3,(H,23,26)/t19-,20+/m1/s1. The molecule has 0 aromatic carbocycles. The molecule has 5 heteroatoms. The predicted molar refractivity (Wildman–Crippen MR) is 111 cm³/mol. The number of nitrogens with zero attached hydrogens (tertiary/aromatic N) is 3. The van der Waals surface area contributed by atoms with Gasteiger partial charge in [0.15, 0.2) is 5.11 Å². The van der Waals surface area contributed by atoms with Gasteiger partial charge in [-0.25, -0.2) is 0 Å². The van der Waals surface area contributed by atoms with Gasteiger partial charge in [0.05, 0.1) is 17.8 Å². The Bertz CT molecular complexity index is 779. The first-order valence-electron chi connectivity index (χ1n) is 9.47. The zero-order chi connectivity index (χ0) is 19.0. The molecule has 140 valence electrons. The van der Waals surface area contributed by atoms with E-state index in [1.54, 1.807) is 0 Å². The quantitative estimate of drug-likeness (QED) is 0.773. The van der Waals surface area contributed by atoms with Crippen molar-refractivity contribution in [2.24, 2.45) is 5.92 Å². The van der Waals surface area contributed by atoms with Crippen molar-refractivity contribution in [2.45, 2.75) is 59.7 Å². The van der Waals surface area contributed by atoms with Crippen LogP contribution in [0.3, 0.4) is 0 Å². The van der Waals surface area contributed by atoms with Gasteiger partial charge < -0.3 is 14.8 Å². The Kier molecular flexibility index (Phi) is 5.37. The molecule has 0 radical (unpaired) electrons. The Morgan fingerprint density at radius 3 is 2.46 bits per heavy atom. The van der Waals surface area contributed by atoms with Crippen LogP contribution in [0, 0.1) is 19.8 Å². The molecule has 0 spiro atoms. The molecular weight excluding hydrogens is 340 g/mol. The van der Waals surface area contributed by atoms with Gasteiger partial charge in [-0.05, 0) is 69.6 Å². The van der Waals surface area contributed by atoms with E-state index < -0.39 is 0 Å². The third-order valence-electron chi connectivity index (χ3n) is 5.12. The summed E-state index contributed by atoms with van der Waals surface area (Å²) in [6.07, 6.45) is 1.86. The monoisotopic (exact) mass is 370 g/mol. The van der Waals surface area contributed by atoms with Crippen molar-refractivity contribution < 1.29 is 0 Å². The van der Waals surface area contributed by atoms with Crippen LogP contribution >= 0.6 is 12.2 Å². The highest BCUT2D eigenvalue weighted by Gasteiger charge is 2.41. The maximum Gasteiger partial charge on any atom is 0.170 e. The van der Waals surface area contributed by atoms with Crippen molar-refractivity contribution in [3.8, 4) is 0 Å². The minimum Gasteiger partial charge on any atom is -0.352 e. The maximum atomic E-state index is 5.73. The van der Waals surface area contributed by atoms with Crippen LogP contribution in [0.25, 0.3) is 0 Å². The first-order chi connectivity index (χ1) is 12.3. The highest BCUT2D eigenvalue weighted by Crippen LogP contribution is 2.41. The predicted octanol–water partition coefficient (Wildman–Crippen LogP) is 4.71. The summed E-state index contributed by atoms with van der Waals surface area (Å²) >= 11 is 5.73. The van der Waals surface area contributed by atoms with Crippen LogP contribution in [0.4, 0.5) is 0 Å². The molecule has 1 N–H and O–H groups in total. The van der Waals surface area contributed by atoms with E-state index >= 15 is 0 Å². The molecule has 4 nitrogen and oxygen atoms in total. The second-order valence-corrected chi connectivity index (χ2v) is 8.35. The number of pyridine rings is 1. The van der Waals surface area contributed by atoms with Crippen molar-refractivity contribution in [3.05, 3.63) is 53.1 Å². The molecular formula is C21H30N4S. The van der Waals surface area contributed by atoms with E-state index in [0.29, 0.717) is 12.0 Å². The Morgan fingerprint density at radius 1 is 1.19 bits per heavy atom. The Morgan fingerprint density at radius 2 is 1.92 bits per heavy atom. The molecule has 0 bridgehead atoms. The topological polar surface area (TPSA) is 33.1 Å². The maximum absolute atomic E-state index is 5.73. The van der Waals surface area contributed by atoms with Crippen LogP contribution < -0.4 is 5.32 Å². The van der Waals surface area contributed by atoms with E-state index in [9.17, 15) is 0 Å². The van der Waals surface area contributed by atoms with E-state index in [1.165, 1.54) is 17.0 Å². The zero-order valence-corrected chi connectivity index (χ0v) is 17.5. The highest BCUT2D eigenvalue weighted by atomic mass is 32.1. The molecule has 1 aliphatic heterocycles. The van der Waals surface area contributed by atoms with Crippen LogP contribution in [0.1, 0.15) is 68.5 Å². The first kappa shape index (κ1) is 18.9. The van der Waals surface area contributed by atoms with Gasteiger partial charge in [0, 0.05) is 30.2 Å². The lowest BCUT2D eigenvalue weighted by Gasteiger charge is -2.29. The van der Waals surface area contributed by atoms with E-state index in [2.05, 4.69) is 73.4 Å². The normalized spacial score (nSPS) is 20.3. The van der Waals surface area contributed by atoms with Gasteiger partial charge in [0.2, 0.25) is 0 Å². The molecule has 1 aliphatic rings. The van der Waals surface area contributed by atoms with E-state index in [-0.39, 0.29) is 12.1 Å². The lowest BCUT2D eigenvalue weighted by Crippen LogP contribution is -2.33. The van der Waals surface area contributed by atoms with Crippen molar-refractivity contribution in [2.75, 3.05) is 6.54 Å². The molecule has 1 fully saturated rings. The largest absolute Gasteiger partial charge is 0.352 e. The average molecular weight is 371 g/mol. The van der Waals surface area contributed by atoms with Crippen molar-refractivity contribution in [1.29, 1.82) is 0 Å². The number of nitrogens with one attached hydrogen (secondary N) is 1. The summed E-state index contributed by atoms with van der Waals surface area (Å²) in [5.74, 6) is 0.535. The number of rotatable bonds is 5. The second kappa shape index (κ2) is 7.39. The molecule has 0 unspecified atom stereocenters. The number of hydrogen-bond donors (Lipinski definition) is 1. The fourth-order valence-electron chi connectivity index (χ4n) is 4.23. The van der Waals surface area contributed by atoms with Crippen molar-refractivity contribution in [3.63, 3.8) is 0 Å². The van der Waals surface area contributed by atoms with Gasteiger partial charge in [-0.2, -0.15) is 0 Å². The van der Waals surface area contributed by atoms with Gasteiger partial charge in [-0.3, -0.25) is 4.98 Å². The van der Waals surface area contributed by atoms with Crippen LogP contribution in [0.2, 0.25) is 0 Å². The van der Waals surface area contributed by atoms with Gasteiger partial charge in [-0.1, -0.05) is 19.9 Å². The second-order valence-electron chi connectivity index (χ2n) is 7.96. The van der Waals surface area contributed by atoms with Crippen LogP contribution in [0.15, 0.2) is 30.5 Å². The number of thiocarbonyl (C=S) groups is 1. The number of aromatic nitrogens is 2. The first-order valence-corrected chi connectivity index (χ1v) is 9.88. The summed E-state index contributed by atoms with van der Waals surface area (Å²) in [6.45, 7) is 14.3. The van der Waals surface area contributed by atoms with Gasteiger partial charge in [0.25, 0.3) is 0 Å². The zero-order valence-electron chi connectivity index (χ0n) is 16.7. The minimum absolute atomic E-state index is 0.0727. The number of aryl methyl sites for hydroxylation is 1. The molecule has 3 rings (SSSR count). The molecule has 2 aromatic heterocycles. The lowest BCUT2D eigenvalue weighted by atomic mass is 9.96. The summed E-state index contributed by atoms with van der Waals surface area (Å²) in [4.78, 5) is 6.98. The summed E-state index contributed by atoms with van der Waals surface area (Å²) in [5, 5.41) is 4.37. The third kappa shape index (κ3) is 3.37. The highest BCUT2D eigenvalue weighted by molar-refractivity contribution is 7.80. The molecule has 0 amide bonds. The van der Waals surface area contributed by atoms with Crippen LogP contribution in [-0.2, 0) is 0 Å². The molecule has 1 saturated heterocycles. The third-order valence-corrected chi connectivity index (χ3v) is 5.47. The fourth-order valence-corrected chi connectivity index (χ4v) is 4.55. The lowest BCUT2D eigenvalue weighted by molar-refractivity contribution is 0.286. The molecule has 3 heterocycles. The van der Waals surface area contributed by atoms with E-state index in [4.69, 9.17) is 12.2 Å². The van der Waals surface area contributed by atoms with Crippen molar-refractivity contribution >= 4 is 17.3 Å². The van der Waals surface area contributed by atoms with Gasteiger partial charge >= 0.3 is 0 Å². The fraction of sp³-hybridized carbons (Fsp3) is 0.524. The van der Waals surface area contributed by atoms with Gasteiger partial charge in [0.1, 0.15) is 0 Å². The Labute approximate surface area is 162 Å². The Hall–Kier alpha value is -1.88. The summed E-state index contributed by atoms with van der Waals surface area (Å²) in [6, 6.07) is 9.11. The average Bonchev–Trinajstić information content (AvgIpc) is 3.04. The van der Waals surface area contributed by atoms with Gasteiger partial charge in [-0.15, -0.1) is 0 Å². The van der Waals surface area contributed by atoms with E-state index in [0.717, 1.165) is 17.4 Å². The smallest absolute Gasteiger partial charge is 0.170 e. The molecule has 0 saturated carbocycles. The van der Waals surface area contributed by atoms with Crippen LogP contribution in [0.5, 0.6) is 0 Å². The molecule has 2 aromatic rings. The Balaban J connectivity index is 2.11. The molecule has 0 aliphatic carbocycles. The van der Waals surface area contributed by atoms with Crippen molar-refractivity contribution in [1.82, 2.24) is 19.8 Å². The molecule has 2 atom stereocenters. The summed E-state index contributed by atoms with van der Waals surface area (Å²) in [7, 11) is 0. The van der Waals surface area contributed by atoms with Crippen LogP contribution in [-0.4, -0.2) is 26.1 Å². The minimum atomic E-state index is 0.0727. The number of hydrogen-bond acceptors (Lipinski definition) is 2. The summed E-state index contributed by atoms with van der Waals surface area (Å²) in [5.41, 5.74) is 5.01. The molecule has 26 heavy (non-hydrogen) atoms. The van der Waals surface area contributed by atoms with E-state index in [1.807, 2.05) is 18.3 Å².